The van der Waals surface area contributed by atoms with E-state index in [1.165, 1.54) is 32.2 Å². The van der Waals surface area contributed by atoms with Crippen molar-refractivity contribution >= 4 is 17.3 Å². The monoisotopic (exact) mass is 583 g/mol. The molecule has 226 valence electrons. The Morgan fingerprint density at radius 2 is 1.76 bits per heavy atom. The van der Waals surface area contributed by atoms with Gasteiger partial charge in [0.25, 0.3) is 0 Å². The van der Waals surface area contributed by atoms with Crippen LogP contribution >= 0.6 is 0 Å². The Morgan fingerprint density at radius 3 is 2.38 bits per heavy atom. The van der Waals surface area contributed by atoms with Crippen molar-refractivity contribution in [2.45, 2.75) is 83.2 Å². The molecule has 5 rings (SSSR count). The molecule has 3 aliphatic rings. The van der Waals surface area contributed by atoms with Crippen molar-refractivity contribution in [1.82, 2.24) is 4.90 Å². The Morgan fingerprint density at radius 1 is 1.10 bits per heavy atom. The molecule has 4 N–H and O–H groups in total. The zero-order valence-corrected chi connectivity index (χ0v) is 24.3. The van der Waals surface area contributed by atoms with Crippen LogP contribution in [0, 0.1) is 0 Å². The van der Waals surface area contributed by atoms with Gasteiger partial charge in [-0.3, -0.25) is 19.3 Å². The number of Topliss-reactive ketones (excluding diaryl/α,β-unsaturated/α-hetero) is 1. The highest BCUT2D eigenvalue weighted by Gasteiger charge is 2.49. The molecule has 11 heteroatoms. The van der Waals surface area contributed by atoms with Crippen molar-refractivity contribution in [3.8, 4) is 17.2 Å². The SMILES string of the molecule is CCN(CC)C1CC(O[C@H]2C[C@](O)(C(C)=O)Cc3c(O)c4c(c(O)c32)C(=O)c2c(OC)cccc2C4=O)OC(C)C1O. The summed E-state index contributed by atoms with van der Waals surface area (Å²) in [6, 6.07) is 4.18. The predicted octanol–water partition coefficient (Wildman–Crippen LogP) is 2.41. The Kier molecular flexibility index (Phi) is 7.92. The quantitative estimate of drug-likeness (QED) is 0.302. The molecule has 11 nitrogen and oxygen atoms in total. The van der Waals surface area contributed by atoms with Crippen LogP contribution in [0.4, 0.5) is 0 Å². The van der Waals surface area contributed by atoms with Gasteiger partial charge in [-0.15, -0.1) is 0 Å². The maximum Gasteiger partial charge on any atom is 0.202 e. The third-order valence-electron chi connectivity index (χ3n) is 9.00. The zero-order chi connectivity index (χ0) is 30.7. The van der Waals surface area contributed by atoms with Crippen molar-refractivity contribution in [2.75, 3.05) is 20.2 Å². The van der Waals surface area contributed by atoms with E-state index in [4.69, 9.17) is 14.2 Å². The minimum absolute atomic E-state index is 0.00145. The van der Waals surface area contributed by atoms with E-state index >= 15 is 0 Å². The highest BCUT2D eigenvalue weighted by Crippen LogP contribution is 2.52. The topological polar surface area (TPSA) is 163 Å². The van der Waals surface area contributed by atoms with Crippen LogP contribution in [0.3, 0.4) is 0 Å². The third-order valence-corrected chi connectivity index (χ3v) is 9.00. The van der Waals surface area contributed by atoms with Crippen molar-refractivity contribution in [3.05, 3.63) is 51.6 Å². The van der Waals surface area contributed by atoms with Crippen LogP contribution in [0.2, 0.25) is 0 Å². The molecular weight excluding hydrogens is 546 g/mol. The standard InChI is InChI=1S/C31H37NO10/c1-6-32(7-2)18-11-21(41-14(3)26(18)34)42-20-13-31(39,15(4)33)12-17-23(20)30(38)25-24(28(17)36)27(35)16-9-8-10-19(40-5)22(16)29(25)37/h8-10,14,18,20-21,26,34,36,38-39H,6-7,11-13H2,1-5H3/t14?,18?,20-,21?,26?,31-/m0/s1. The number of phenolic OH excluding ortho intramolecular Hbond substituents is 2. The van der Waals surface area contributed by atoms with Gasteiger partial charge in [0.2, 0.25) is 5.78 Å². The summed E-state index contributed by atoms with van der Waals surface area (Å²) in [5.74, 6) is -3.06. The largest absolute Gasteiger partial charge is 0.507 e. The maximum absolute atomic E-state index is 13.8. The molecule has 0 radical (unpaired) electrons. The molecule has 6 atom stereocenters. The Bertz CT molecular complexity index is 1450. The van der Waals surface area contributed by atoms with Crippen LogP contribution in [0.25, 0.3) is 0 Å². The summed E-state index contributed by atoms with van der Waals surface area (Å²) in [6.45, 7) is 8.23. The second-order valence-electron chi connectivity index (χ2n) is 11.3. The normalized spacial score (nSPS) is 28.7. The molecule has 1 aliphatic heterocycles. The fourth-order valence-corrected chi connectivity index (χ4v) is 6.66. The molecule has 0 aromatic heterocycles. The number of ketones is 3. The Hall–Kier alpha value is -3.35. The number of methoxy groups -OCH3 is 1. The molecule has 0 spiro atoms. The van der Waals surface area contributed by atoms with Crippen LogP contribution in [0.5, 0.6) is 17.2 Å². The molecule has 42 heavy (non-hydrogen) atoms. The second-order valence-corrected chi connectivity index (χ2v) is 11.3. The molecule has 0 saturated carbocycles. The summed E-state index contributed by atoms with van der Waals surface area (Å²) >= 11 is 0. The number of phenols is 2. The van der Waals surface area contributed by atoms with Gasteiger partial charge in [0.1, 0.15) is 22.8 Å². The summed E-state index contributed by atoms with van der Waals surface area (Å²) in [5, 5.41) is 45.3. The van der Waals surface area contributed by atoms with Crippen molar-refractivity contribution < 1.29 is 49.0 Å². The van der Waals surface area contributed by atoms with Gasteiger partial charge in [0.05, 0.1) is 42.1 Å². The zero-order valence-electron chi connectivity index (χ0n) is 24.3. The van der Waals surface area contributed by atoms with Gasteiger partial charge >= 0.3 is 0 Å². The maximum atomic E-state index is 13.8. The summed E-state index contributed by atoms with van der Waals surface area (Å²) in [5.41, 5.74) is -2.90. The van der Waals surface area contributed by atoms with E-state index in [1.807, 2.05) is 13.8 Å². The number of aliphatic hydroxyl groups excluding tert-OH is 1. The smallest absolute Gasteiger partial charge is 0.202 e. The van der Waals surface area contributed by atoms with Gasteiger partial charge in [0.15, 0.2) is 17.9 Å². The van der Waals surface area contributed by atoms with E-state index in [0.717, 1.165) is 0 Å². The summed E-state index contributed by atoms with van der Waals surface area (Å²) in [6.07, 6.45) is -3.98. The molecule has 4 unspecified atom stereocenters. The second kappa shape index (κ2) is 11.1. The van der Waals surface area contributed by atoms with Crippen molar-refractivity contribution in [3.63, 3.8) is 0 Å². The van der Waals surface area contributed by atoms with Crippen LogP contribution in [-0.4, -0.2) is 93.0 Å². The number of benzene rings is 2. The molecular formula is C31H37NO10. The number of hydrogen-bond donors (Lipinski definition) is 4. The number of nitrogens with zero attached hydrogens (tertiary/aromatic N) is 1. The lowest BCUT2D eigenvalue weighted by molar-refractivity contribution is -0.258. The first-order valence-corrected chi connectivity index (χ1v) is 14.2. The molecule has 2 aliphatic carbocycles. The number of aliphatic hydroxyl groups is 2. The predicted molar refractivity (Wildman–Crippen MR) is 149 cm³/mol. The van der Waals surface area contributed by atoms with E-state index in [1.54, 1.807) is 6.92 Å². The van der Waals surface area contributed by atoms with E-state index in [-0.39, 0.29) is 46.9 Å². The van der Waals surface area contributed by atoms with Crippen LogP contribution in [-0.2, 0) is 20.7 Å². The highest BCUT2D eigenvalue weighted by atomic mass is 16.7. The first-order valence-electron chi connectivity index (χ1n) is 14.2. The Balaban J connectivity index is 1.64. The van der Waals surface area contributed by atoms with E-state index in [0.29, 0.717) is 13.1 Å². The van der Waals surface area contributed by atoms with Gasteiger partial charge in [-0.1, -0.05) is 26.0 Å². The number of hydrogen-bond acceptors (Lipinski definition) is 11. The summed E-state index contributed by atoms with van der Waals surface area (Å²) in [7, 11) is 1.35. The average Bonchev–Trinajstić information content (AvgIpc) is 2.95. The number of aromatic hydroxyl groups is 2. The molecule has 0 amide bonds. The minimum atomic E-state index is -1.99. The fraction of sp³-hybridized carbons (Fsp3) is 0.516. The Labute approximate surface area is 243 Å². The van der Waals surface area contributed by atoms with E-state index in [2.05, 4.69) is 4.90 Å². The first kappa shape index (κ1) is 30.1. The molecule has 1 fully saturated rings. The van der Waals surface area contributed by atoms with Gasteiger partial charge in [-0.05, 0) is 33.0 Å². The van der Waals surface area contributed by atoms with Crippen molar-refractivity contribution in [2.24, 2.45) is 0 Å². The van der Waals surface area contributed by atoms with Crippen LogP contribution in [0.15, 0.2) is 18.2 Å². The third kappa shape index (κ3) is 4.60. The van der Waals surface area contributed by atoms with Gasteiger partial charge in [0, 0.05) is 42.0 Å². The first-order chi connectivity index (χ1) is 19.9. The van der Waals surface area contributed by atoms with Crippen LogP contribution in [0.1, 0.15) is 89.6 Å². The van der Waals surface area contributed by atoms with E-state index in [9.17, 15) is 34.8 Å². The van der Waals surface area contributed by atoms with Crippen molar-refractivity contribution in [1.29, 1.82) is 0 Å². The van der Waals surface area contributed by atoms with Gasteiger partial charge in [-0.25, -0.2) is 0 Å². The van der Waals surface area contributed by atoms with E-state index < -0.39 is 76.6 Å². The minimum Gasteiger partial charge on any atom is -0.507 e. The molecule has 1 heterocycles. The molecule has 0 bridgehead atoms. The molecule has 2 aromatic carbocycles. The number of carbonyl (C=O) groups excluding carboxylic acids is 3. The number of ether oxygens (including phenoxy) is 3. The van der Waals surface area contributed by atoms with Gasteiger partial charge in [-0.2, -0.15) is 0 Å². The number of rotatable bonds is 7. The number of fused-ring (bicyclic) bond motifs is 3. The van der Waals surface area contributed by atoms with Gasteiger partial charge < -0.3 is 34.6 Å². The fourth-order valence-electron chi connectivity index (χ4n) is 6.66. The lowest BCUT2D eigenvalue weighted by atomic mass is 9.72. The number of carbonyl (C=O) groups is 3. The molecule has 1 saturated heterocycles. The summed E-state index contributed by atoms with van der Waals surface area (Å²) < 4.78 is 17.6. The number of likely N-dealkylation sites (N-methyl/N-ethyl adjacent to an activating group) is 1. The lowest BCUT2D eigenvalue weighted by Gasteiger charge is -2.45. The van der Waals surface area contributed by atoms with Crippen LogP contribution < -0.4 is 4.74 Å². The molecule has 2 aromatic rings. The lowest BCUT2D eigenvalue weighted by Crippen LogP contribution is -2.55. The summed E-state index contributed by atoms with van der Waals surface area (Å²) in [4.78, 5) is 42.1. The average molecular weight is 584 g/mol. The highest BCUT2D eigenvalue weighted by molar-refractivity contribution is 6.31.